The van der Waals surface area contributed by atoms with E-state index in [0.29, 0.717) is 0 Å². The Kier molecular flexibility index (Phi) is 5.26. The molecule has 4 heteroatoms. The average Bonchev–Trinajstić information content (AvgIpc) is 2.46. The molecule has 2 aromatic carbocycles. The van der Waals surface area contributed by atoms with Crippen molar-refractivity contribution in [2.75, 3.05) is 7.11 Å². The van der Waals surface area contributed by atoms with Crippen LogP contribution in [0.15, 0.2) is 46.9 Å². The topological polar surface area (TPSA) is 44.5 Å². The summed E-state index contributed by atoms with van der Waals surface area (Å²) in [6.07, 6.45) is -0.198. The lowest BCUT2D eigenvalue weighted by molar-refractivity contribution is 0.179. The number of rotatable bonds is 5. The lowest BCUT2D eigenvalue weighted by Gasteiger charge is -2.24. The molecule has 112 valence electrons. The van der Waals surface area contributed by atoms with Gasteiger partial charge in [-0.2, -0.15) is 0 Å². The molecule has 0 amide bonds. The monoisotopic (exact) mass is 349 g/mol. The van der Waals surface area contributed by atoms with Crippen molar-refractivity contribution in [3.05, 3.63) is 58.1 Å². The van der Waals surface area contributed by atoms with Crippen LogP contribution in [0.1, 0.15) is 24.2 Å². The standard InChI is InChI=1S/C17H20BrNO2/c1-11-10-14(18)6-9-16(11)21-17(12(2)19)13-4-7-15(20-3)8-5-13/h4-10,12,17H,19H2,1-3H3. The van der Waals surface area contributed by atoms with Crippen molar-refractivity contribution in [2.24, 2.45) is 5.73 Å². The Balaban J connectivity index is 2.26. The van der Waals surface area contributed by atoms with Crippen molar-refractivity contribution in [1.82, 2.24) is 0 Å². The molecule has 21 heavy (non-hydrogen) atoms. The van der Waals surface area contributed by atoms with Crippen molar-refractivity contribution in [1.29, 1.82) is 0 Å². The van der Waals surface area contributed by atoms with Gasteiger partial charge >= 0.3 is 0 Å². The highest BCUT2D eigenvalue weighted by molar-refractivity contribution is 9.10. The van der Waals surface area contributed by atoms with E-state index in [4.69, 9.17) is 15.2 Å². The van der Waals surface area contributed by atoms with Gasteiger partial charge in [-0.1, -0.05) is 28.1 Å². The molecule has 3 nitrogen and oxygen atoms in total. The van der Waals surface area contributed by atoms with E-state index in [-0.39, 0.29) is 12.1 Å². The number of halogens is 1. The first-order chi connectivity index (χ1) is 10.0. The summed E-state index contributed by atoms with van der Waals surface area (Å²) >= 11 is 3.46. The first kappa shape index (κ1) is 15.9. The number of nitrogens with two attached hydrogens (primary N) is 1. The molecule has 0 spiro atoms. The van der Waals surface area contributed by atoms with Gasteiger partial charge in [0.1, 0.15) is 17.6 Å². The lowest BCUT2D eigenvalue weighted by atomic mass is 10.0. The van der Waals surface area contributed by atoms with Crippen LogP contribution >= 0.6 is 15.9 Å². The van der Waals surface area contributed by atoms with E-state index in [0.717, 1.165) is 27.1 Å². The minimum Gasteiger partial charge on any atom is -0.497 e. The van der Waals surface area contributed by atoms with Gasteiger partial charge < -0.3 is 15.2 Å². The van der Waals surface area contributed by atoms with Gasteiger partial charge in [-0.3, -0.25) is 0 Å². The van der Waals surface area contributed by atoms with E-state index in [1.807, 2.05) is 56.3 Å². The van der Waals surface area contributed by atoms with Gasteiger partial charge in [0, 0.05) is 10.5 Å². The van der Waals surface area contributed by atoms with Gasteiger partial charge in [0.15, 0.2) is 0 Å². The molecule has 0 aliphatic carbocycles. The zero-order valence-corrected chi connectivity index (χ0v) is 14.1. The average molecular weight is 350 g/mol. The molecule has 0 radical (unpaired) electrons. The molecule has 0 saturated carbocycles. The Hall–Kier alpha value is -1.52. The molecule has 0 heterocycles. The fourth-order valence-electron chi connectivity index (χ4n) is 2.15. The number of hydrogen-bond acceptors (Lipinski definition) is 3. The first-order valence-electron chi connectivity index (χ1n) is 6.83. The maximum atomic E-state index is 6.13. The summed E-state index contributed by atoms with van der Waals surface area (Å²) in [6.45, 7) is 3.97. The molecule has 2 rings (SSSR count). The minimum absolute atomic E-state index is 0.124. The van der Waals surface area contributed by atoms with Gasteiger partial charge in [-0.15, -0.1) is 0 Å². The zero-order chi connectivity index (χ0) is 15.4. The highest BCUT2D eigenvalue weighted by Gasteiger charge is 2.19. The predicted molar refractivity (Wildman–Crippen MR) is 88.9 cm³/mol. The van der Waals surface area contributed by atoms with Crippen LogP contribution in [0.3, 0.4) is 0 Å². The van der Waals surface area contributed by atoms with E-state index in [1.165, 1.54) is 0 Å². The van der Waals surface area contributed by atoms with E-state index in [1.54, 1.807) is 7.11 Å². The third kappa shape index (κ3) is 3.99. The summed E-state index contributed by atoms with van der Waals surface area (Å²) in [5, 5.41) is 0. The van der Waals surface area contributed by atoms with Crippen molar-refractivity contribution < 1.29 is 9.47 Å². The second-order valence-corrected chi connectivity index (χ2v) is 6.00. The molecule has 0 aliphatic heterocycles. The third-order valence-corrected chi connectivity index (χ3v) is 3.81. The van der Waals surface area contributed by atoms with E-state index in [2.05, 4.69) is 15.9 Å². The van der Waals surface area contributed by atoms with Crippen LogP contribution in [0, 0.1) is 6.92 Å². The third-order valence-electron chi connectivity index (χ3n) is 3.31. The molecular weight excluding hydrogens is 330 g/mol. The molecule has 2 N–H and O–H groups in total. The fraction of sp³-hybridized carbons (Fsp3) is 0.294. The van der Waals surface area contributed by atoms with Crippen LogP contribution in [0.5, 0.6) is 11.5 Å². The second kappa shape index (κ2) is 6.96. The fourth-order valence-corrected chi connectivity index (χ4v) is 2.63. The van der Waals surface area contributed by atoms with Gasteiger partial charge in [-0.25, -0.2) is 0 Å². The van der Waals surface area contributed by atoms with Crippen LogP contribution < -0.4 is 15.2 Å². The number of hydrogen-bond donors (Lipinski definition) is 1. The quantitative estimate of drug-likeness (QED) is 0.878. The summed E-state index contributed by atoms with van der Waals surface area (Å²) < 4.78 is 12.4. The largest absolute Gasteiger partial charge is 0.497 e. The Morgan fingerprint density at radius 2 is 1.76 bits per heavy atom. The van der Waals surface area contributed by atoms with Crippen LogP contribution in [0.2, 0.25) is 0 Å². The van der Waals surface area contributed by atoms with Gasteiger partial charge in [0.25, 0.3) is 0 Å². The van der Waals surface area contributed by atoms with Crippen LogP contribution in [0.4, 0.5) is 0 Å². The Labute approximate surface area is 134 Å². The Bertz CT molecular complexity index is 596. The molecular formula is C17H20BrNO2. The predicted octanol–water partition coefficient (Wildman–Crippen LogP) is 4.23. The maximum Gasteiger partial charge on any atom is 0.138 e. The number of ether oxygens (including phenoxy) is 2. The van der Waals surface area contributed by atoms with E-state index in [9.17, 15) is 0 Å². The zero-order valence-electron chi connectivity index (χ0n) is 12.5. The number of methoxy groups -OCH3 is 1. The minimum atomic E-state index is -0.198. The molecule has 0 aromatic heterocycles. The SMILES string of the molecule is COc1ccc(C(Oc2ccc(Br)cc2C)C(C)N)cc1. The highest BCUT2D eigenvalue weighted by atomic mass is 79.9. The van der Waals surface area contributed by atoms with Crippen molar-refractivity contribution in [3.8, 4) is 11.5 Å². The van der Waals surface area contributed by atoms with Crippen LogP contribution in [-0.4, -0.2) is 13.2 Å². The molecule has 0 fully saturated rings. The summed E-state index contributed by atoms with van der Waals surface area (Å²) in [6, 6.07) is 13.6. The van der Waals surface area contributed by atoms with Gasteiger partial charge in [0.2, 0.25) is 0 Å². The smallest absolute Gasteiger partial charge is 0.138 e. The lowest BCUT2D eigenvalue weighted by Crippen LogP contribution is -2.29. The van der Waals surface area contributed by atoms with Crippen molar-refractivity contribution in [2.45, 2.75) is 26.0 Å². The van der Waals surface area contributed by atoms with E-state index >= 15 is 0 Å². The maximum absolute atomic E-state index is 6.13. The van der Waals surface area contributed by atoms with Gasteiger partial charge in [-0.05, 0) is 55.3 Å². The summed E-state index contributed by atoms with van der Waals surface area (Å²) in [4.78, 5) is 0. The molecule has 0 bridgehead atoms. The molecule has 2 aromatic rings. The first-order valence-corrected chi connectivity index (χ1v) is 7.63. The van der Waals surface area contributed by atoms with Gasteiger partial charge in [0.05, 0.1) is 7.11 Å². The Morgan fingerprint density at radius 1 is 1.10 bits per heavy atom. The van der Waals surface area contributed by atoms with Crippen molar-refractivity contribution >= 4 is 15.9 Å². The van der Waals surface area contributed by atoms with Crippen molar-refractivity contribution in [3.63, 3.8) is 0 Å². The van der Waals surface area contributed by atoms with Crippen LogP contribution in [-0.2, 0) is 0 Å². The van der Waals surface area contributed by atoms with E-state index < -0.39 is 0 Å². The Morgan fingerprint density at radius 3 is 2.29 bits per heavy atom. The summed E-state index contributed by atoms with van der Waals surface area (Å²) in [5.41, 5.74) is 8.21. The number of aryl methyl sites for hydroxylation is 1. The molecule has 0 saturated heterocycles. The number of benzene rings is 2. The highest BCUT2D eigenvalue weighted by Crippen LogP contribution is 2.29. The molecule has 2 unspecified atom stereocenters. The van der Waals surface area contributed by atoms with Crippen LogP contribution in [0.25, 0.3) is 0 Å². The second-order valence-electron chi connectivity index (χ2n) is 5.08. The summed E-state index contributed by atoms with van der Waals surface area (Å²) in [5.74, 6) is 1.67. The molecule has 2 atom stereocenters. The molecule has 0 aliphatic rings. The normalized spacial score (nSPS) is 13.6. The summed E-state index contributed by atoms with van der Waals surface area (Å²) in [7, 11) is 1.65.